The Bertz CT molecular complexity index is 628. The van der Waals surface area contributed by atoms with Crippen molar-refractivity contribution in [3.8, 4) is 0 Å². The first-order valence-electron chi connectivity index (χ1n) is 4.73. The van der Waals surface area contributed by atoms with Crippen LogP contribution in [0.15, 0.2) is 40.1 Å². The third-order valence-electron chi connectivity index (χ3n) is 2.09. The van der Waals surface area contributed by atoms with E-state index < -0.39 is 0 Å². The quantitative estimate of drug-likeness (QED) is 0.699. The average molecular weight is 248 g/mol. The van der Waals surface area contributed by atoms with Crippen molar-refractivity contribution in [3.05, 3.63) is 36.4 Å². The lowest BCUT2D eigenvalue weighted by atomic mass is 10.4. The molecule has 0 spiro atoms. The molecule has 0 bridgehead atoms. The zero-order chi connectivity index (χ0) is 11.0. The maximum absolute atomic E-state index is 4.36. The predicted molar refractivity (Wildman–Crippen MR) is 64.0 cm³/mol. The number of fused-ring (bicyclic) bond motifs is 1. The minimum absolute atomic E-state index is 0.813. The van der Waals surface area contributed by atoms with Crippen molar-refractivity contribution in [3.63, 3.8) is 0 Å². The third-order valence-corrected chi connectivity index (χ3v) is 3.92. The molecule has 3 aromatic heterocycles. The highest BCUT2D eigenvalue weighted by Crippen LogP contribution is 2.28. The van der Waals surface area contributed by atoms with E-state index in [9.17, 15) is 0 Å². The SMILES string of the molecule is Cc1nsc(Sc2ncc3ccccn23)n1. The molecule has 6 heteroatoms. The lowest BCUT2D eigenvalue weighted by molar-refractivity contribution is 0.955. The molecule has 0 saturated heterocycles. The van der Waals surface area contributed by atoms with Crippen LogP contribution in [0.3, 0.4) is 0 Å². The van der Waals surface area contributed by atoms with Gasteiger partial charge in [0.05, 0.1) is 11.7 Å². The summed E-state index contributed by atoms with van der Waals surface area (Å²) in [6.45, 7) is 1.89. The van der Waals surface area contributed by atoms with Crippen molar-refractivity contribution in [2.75, 3.05) is 0 Å². The summed E-state index contributed by atoms with van der Waals surface area (Å²) in [6, 6.07) is 6.02. The summed E-state index contributed by atoms with van der Waals surface area (Å²) < 4.78 is 7.12. The fraction of sp³-hybridized carbons (Fsp3) is 0.100. The van der Waals surface area contributed by atoms with Gasteiger partial charge in [-0.3, -0.25) is 4.40 Å². The number of aromatic nitrogens is 4. The number of hydrogen-bond acceptors (Lipinski definition) is 5. The van der Waals surface area contributed by atoms with Gasteiger partial charge in [-0.1, -0.05) is 6.07 Å². The Kier molecular flexibility index (Phi) is 2.37. The molecule has 0 aromatic carbocycles. The third kappa shape index (κ3) is 1.70. The van der Waals surface area contributed by atoms with Gasteiger partial charge in [-0.25, -0.2) is 9.97 Å². The molecular formula is C10H8N4S2. The highest BCUT2D eigenvalue weighted by Gasteiger charge is 2.08. The van der Waals surface area contributed by atoms with Crippen molar-refractivity contribution >= 4 is 28.8 Å². The largest absolute Gasteiger partial charge is 0.294 e. The number of nitrogens with zero attached hydrogens (tertiary/aromatic N) is 4. The van der Waals surface area contributed by atoms with Crippen molar-refractivity contribution in [2.45, 2.75) is 16.4 Å². The Labute approximate surface area is 101 Å². The molecule has 0 N–H and O–H groups in total. The van der Waals surface area contributed by atoms with Crippen LogP contribution in [0.2, 0.25) is 0 Å². The monoisotopic (exact) mass is 248 g/mol. The maximum Gasteiger partial charge on any atom is 0.179 e. The highest BCUT2D eigenvalue weighted by molar-refractivity contribution is 8.00. The average Bonchev–Trinajstić information content (AvgIpc) is 2.87. The van der Waals surface area contributed by atoms with Crippen molar-refractivity contribution in [2.24, 2.45) is 0 Å². The summed E-state index contributed by atoms with van der Waals surface area (Å²) in [6.07, 6.45) is 3.86. The van der Waals surface area contributed by atoms with E-state index in [4.69, 9.17) is 0 Å². The molecule has 3 rings (SSSR count). The summed E-state index contributed by atoms with van der Waals surface area (Å²) in [4.78, 5) is 8.67. The van der Waals surface area contributed by atoms with Crippen LogP contribution in [0.25, 0.3) is 5.52 Å². The van der Waals surface area contributed by atoms with Crippen LogP contribution in [-0.2, 0) is 0 Å². The Balaban J connectivity index is 2.00. The first-order valence-corrected chi connectivity index (χ1v) is 6.32. The lowest BCUT2D eigenvalue weighted by Crippen LogP contribution is -1.85. The molecule has 0 aliphatic rings. The molecular weight excluding hydrogens is 240 g/mol. The summed E-state index contributed by atoms with van der Waals surface area (Å²) in [7, 11) is 0. The van der Waals surface area contributed by atoms with Gasteiger partial charge in [0.2, 0.25) is 0 Å². The molecule has 80 valence electrons. The molecule has 0 saturated carbocycles. The van der Waals surface area contributed by atoms with Crippen molar-refractivity contribution in [1.29, 1.82) is 0 Å². The van der Waals surface area contributed by atoms with Crippen molar-refractivity contribution < 1.29 is 0 Å². The summed E-state index contributed by atoms with van der Waals surface area (Å²) in [5, 5.41) is 0.923. The van der Waals surface area contributed by atoms with Crippen LogP contribution < -0.4 is 0 Å². The standard InChI is InChI=1S/C10H8N4S2/c1-7-12-10(16-13-7)15-9-11-6-8-4-2-3-5-14(8)9/h2-6H,1H3. The van der Waals surface area contributed by atoms with Crippen LogP contribution in [0.1, 0.15) is 5.82 Å². The first kappa shape index (κ1) is 9.80. The second-order valence-corrected chi connectivity index (χ2v) is 5.21. The lowest BCUT2D eigenvalue weighted by Gasteiger charge is -1.96. The minimum Gasteiger partial charge on any atom is -0.294 e. The smallest absolute Gasteiger partial charge is 0.179 e. The molecule has 0 fully saturated rings. The normalized spacial score (nSPS) is 11.1. The Morgan fingerprint density at radius 1 is 1.38 bits per heavy atom. The molecule has 0 aliphatic heterocycles. The molecule has 0 aliphatic carbocycles. The van der Waals surface area contributed by atoms with Gasteiger partial charge in [-0.15, -0.1) is 0 Å². The number of pyridine rings is 1. The van der Waals surface area contributed by atoms with E-state index in [1.54, 1.807) is 11.8 Å². The fourth-order valence-corrected chi connectivity index (χ4v) is 3.00. The van der Waals surface area contributed by atoms with Crippen LogP contribution in [-0.4, -0.2) is 18.7 Å². The highest BCUT2D eigenvalue weighted by atomic mass is 32.2. The van der Waals surface area contributed by atoms with Gasteiger partial charge in [-0.2, -0.15) is 4.37 Å². The van der Waals surface area contributed by atoms with E-state index in [1.165, 1.54) is 11.5 Å². The van der Waals surface area contributed by atoms with E-state index in [0.717, 1.165) is 20.8 Å². The topological polar surface area (TPSA) is 43.1 Å². The van der Waals surface area contributed by atoms with Gasteiger partial charge >= 0.3 is 0 Å². The molecule has 4 nitrogen and oxygen atoms in total. The second-order valence-electron chi connectivity index (χ2n) is 3.25. The maximum atomic E-state index is 4.36. The van der Waals surface area contributed by atoms with E-state index in [2.05, 4.69) is 14.3 Å². The molecule has 16 heavy (non-hydrogen) atoms. The van der Waals surface area contributed by atoms with Crippen molar-refractivity contribution in [1.82, 2.24) is 18.7 Å². The number of imidazole rings is 1. The molecule has 0 radical (unpaired) electrons. The summed E-state index contributed by atoms with van der Waals surface area (Å²) in [5.74, 6) is 0.813. The minimum atomic E-state index is 0.813. The van der Waals surface area contributed by atoms with Gasteiger partial charge < -0.3 is 0 Å². The molecule has 3 aromatic rings. The van der Waals surface area contributed by atoms with E-state index in [-0.39, 0.29) is 0 Å². The summed E-state index contributed by atoms with van der Waals surface area (Å²) in [5.41, 5.74) is 1.09. The van der Waals surface area contributed by atoms with Crippen LogP contribution in [0.4, 0.5) is 0 Å². The Hall–Kier alpha value is -1.40. The van der Waals surface area contributed by atoms with Gasteiger partial charge in [-0.05, 0) is 42.4 Å². The van der Waals surface area contributed by atoms with E-state index >= 15 is 0 Å². The molecule has 0 unspecified atom stereocenters. The molecule has 0 atom stereocenters. The van der Waals surface area contributed by atoms with Crippen LogP contribution >= 0.6 is 23.3 Å². The molecule has 0 amide bonds. The van der Waals surface area contributed by atoms with E-state index in [1.807, 2.05) is 41.9 Å². The Morgan fingerprint density at radius 3 is 3.12 bits per heavy atom. The second kappa shape index (κ2) is 3.88. The zero-order valence-electron chi connectivity index (χ0n) is 8.49. The van der Waals surface area contributed by atoms with Gasteiger partial charge in [0, 0.05) is 6.20 Å². The first-order chi connectivity index (χ1) is 7.83. The van der Waals surface area contributed by atoms with Gasteiger partial charge in [0.15, 0.2) is 9.50 Å². The van der Waals surface area contributed by atoms with E-state index in [0.29, 0.717) is 0 Å². The number of rotatable bonds is 2. The summed E-state index contributed by atoms with van der Waals surface area (Å²) >= 11 is 2.95. The van der Waals surface area contributed by atoms with Gasteiger partial charge in [0.25, 0.3) is 0 Å². The van der Waals surface area contributed by atoms with Gasteiger partial charge in [0.1, 0.15) is 5.82 Å². The fourth-order valence-electron chi connectivity index (χ4n) is 1.39. The predicted octanol–water partition coefficient (Wildman–Crippen LogP) is 2.65. The molecule has 3 heterocycles. The number of hydrogen-bond donors (Lipinski definition) is 0. The number of aryl methyl sites for hydroxylation is 1. The van der Waals surface area contributed by atoms with Crippen LogP contribution in [0.5, 0.6) is 0 Å². The zero-order valence-corrected chi connectivity index (χ0v) is 10.1. The Morgan fingerprint density at radius 2 is 2.31 bits per heavy atom. The van der Waals surface area contributed by atoms with Crippen LogP contribution in [0, 0.1) is 6.92 Å².